The zero-order valence-corrected chi connectivity index (χ0v) is 7.57. The van der Waals surface area contributed by atoms with Crippen molar-refractivity contribution in [2.75, 3.05) is 6.54 Å². The third-order valence-corrected chi connectivity index (χ3v) is 2.31. The van der Waals surface area contributed by atoms with Crippen molar-refractivity contribution in [3.05, 3.63) is 21.9 Å². The van der Waals surface area contributed by atoms with E-state index in [0.717, 1.165) is 10.4 Å². The van der Waals surface area contributed by atoms with Crippen LogP contribution in [0.25, 0.3) is 0 Å². The highest BCUT2D eigenvalue weighted by Gasteiger charge is 2.01. The first-order chi connectivity index (χ1) is 5.74. The molecule has 0 fully saturated rings. The molecule has 0 aliphatic carbocycles. The molecular formula is C9H9NOS. The third-order valence-electron chi connectivity index (χ3n) is 1.28. The van der Waals surface area contributed by atoms with Crippen LogP contribution in [0.3, 0.4) is 0 Å². The Balaban J connectivity index is 2.84. The van der Waals surface area contributed by atoms with Crippen molar-refractivity contribution < 1.29 is 4.79 Å². The molecule has 0 spiro atoms. The lowest BCUT2D eigenvalue weighted by Crippen LogP contribution is -1.92. The fourth-order valence-electron chi connectivity index (χ4n) is 0.739. The minimum Gasteiger partial charge on any atom is -0.320 e. The monoisotopic (exact) mass is 179 g/mol. The molecule has 1 heterocycles. The molecule has 2 nitrogen and oxygen atoms in total. The minimum absolute atomic E-state index is 0.0841. The van der Waals surface area contributed by atoms with Crippen LogP contribution in [0.1, 0.15) is 22.2 Å². The second-order valence-electron chi connectivity index (χ2n) is 2.26. The molecule has 0 bridgehead atoms. The van der Waals surface area contributed by atoms with Crippen molar-refractivity contribution in [2.24, 2.45) is 5.73 Å². The number of thiophene rings is 1. The van der Waals surface area contributed by atoms with Crippen LogP contribution >= 0.6 is 11.3 Å². The second kappa shape index (κ2) is 4.05. The van der Waals surface area contributed by atoms with E-state index in [9.17, 15) is 4.79 Å². The van der Waals surface area contributed by atoms with E-state index in [0.29, 0.717) is 6.54 Å². The maximum atomic E-state index is 10.9. The quantitative estimate of drug-likeness (QED) is 0.521. The van der Waals surface area contributed by atoms with E-state index in [-0.39, 0.29) is 5.78 Å². The van der Waals surface area contributed by atoms with Crippen LogP contribution in [-0.4, -0.2) is 12.3 Å². The number of nitrogens with two attached hydrogens (primary N) is 1. The van der Waals surface area contributed by atoms with Crippen molar-refractivity contribution in [1.29, 1.82) is 0 Å². The van der Waals surface area contributed by atoms with Gasteiger partial charge in [-0.05, 0) is 13.0 Å². The Morgan fingerprint density at radius 1 is 1.75 bits per heavy atom. The first kappa shape index (κ1) is 8.98. The van der Waals surface area contributed by atoms with Gasteiger partial charge in [0.1, 0.15) is 0 Å². The average Bonchev–Trinajstić information content (AvgIpc) is 2.48. The Morgan fingerprint density at radius 2 is 2.50 bits per heavy atom. The summed E-state index contributed by atoms with van der Waals surface area (Å²) in [5.41, 5.74) is 6.08. The SMILES string of the molecule is CC(=O)c1cc(C#CCN)cs1. The van der Waals surface area contributed by atoms with Gasteiger partial charge in [0.2, 0.25) is 0 Å². The number of hydrogen-bond acceptors (Lipinski definition) is 3. The molecule has 0 saturated carbocycles. The molecule has 0 amide bonds. The molecular weight excluding hydrogens is 170 g/mol. The summed E-state index contributed by atoms with van der Waals surface area (Å²) in [4.78, 5) is 11.6. The van der Waals surface area contributed by atoms with Crippen molar-refractivity contribution in [3.63, 3.8) is 0 Å². The molecule has 0 unspecified atom stereocenters. The topological polar surface area (TPSA) is 43.1 Å². The normalized spacial score (nSPS) is 8.83. The zero-order valence-electron chi connectivity index (χ0n) is 6.76. The molecule has 12 heavy (non-hydrogen) atoms. The van der Waals surface area contributed by atoms with Crippen LogP contribution in [0.15, 0.2) is 11.4 Å². The lowest BCUT2D eigenvalue weighted by atomic mass is 10.3. The molecule has 1 rings (SSSR count). The third kappa shape index (κ3) is 2.19. The zero-order chi connectivity index (χ0) is 8.97. The lowest BCUT2D eigenvalue weighted by Gasteiger charge is -1.81. The fourth-order valence-corrected chi connectivity index (χ4v) is 1.48. The molecule has 1 aromatic rings. The lowest BCUT2D eigenvalue weighted by molar-refractivity contribution is 0.102. The Bertz CT molecular complexity index is 343. The van der Waals surface area contributed by atoms with Gasteiger partial charge in [-0.3, -0.25) is 4.79 Å². The first-order valence-electron chi connectivity index (χ1n) is 3.52. The van der Waals surface area contributed by atoms with Crippen LogP contribution in [-0.2, 0) is 0 Å². The molecule has 0 aliphatic rings. The summed E-state index contributed by atoms with van der Waals surface area (Å²) < 4.78 is 0. The number of Topliss-reactive ketones (excluding diaryl/α,β-unsaturated/α-hetero) is 1. The van der Waals surface area contributed by atoms with E-state index >= 15 is 0 Å². The summed E-state index contributed by atoms with van der Waals surface area (Å²) in [6, 6.07) is 1.79. The summed E-state index contributed by atoms with van der Waals surface area (Å²) in [7, 11) is 0. The van der Waals surface area contributed by atoms with Crippen LogP contribution < -0.4 is 5.73 Å². The van der Waals surface area contributed by atoms with E-state index in [4.69, 9.17) is 5.73 Å². The highest BCUT2D eigenvalue weighted by molar-refractivity contribution is 7.12. The van der Waals surface area contributed by atoms with Crippen LogP contribution in [0.5, 0.6) is 0 Å². The second-order valence-corrected chi connectivity index (χ2v) is 3.17. The van der Waals surface area contributed by atoms with Gasteiger partial charge in [0, 0.05) is 10.9 Å². The highest BCUT2D eigenvalue weighted by Crippen LogP contribution is 2.13. The average molecular weight is 179 g/mol. The number of carbonyl (C=O) groups excluding carboxylic acids is 1. The Hall–Kier alpha value is -1.11. The summed E-state index contributed by atoms with van der Waals surface area (Å²) >= 11 is 1.42. The van der Waals surface area contributed by atoms with E-state index in [2.05, 4.69) is 11.8 Å². The minimum atomic E-state index is 0.0841. The van der Waals surface area contributed by atoms with Gasteiger partial charge in [0.15, 0.2) is 5.78 Å². The summed E-state index contributed by atoms with van der Waals surface area (Å²) in [6.07, 6.45) is 0. The van der Waals surface area contributed by atoms with E-state index in [1.54, 1.807) is 13.0 Å². The Kier molecular flexibility index (Phi) is 3.03. The number of carbonyl (C=O) groups is 1. The van der Waals surface area contributed by atoms with Gasteiger partial charge >= 0.3 is 0 Å². The molecule has 0 radical (unpaired) electrons. The highest BCUT2D eigenvalue weighted by atomic mass is 32.1. The number of ketones is 1. The maximum Gasteiger partial charge on any atom is 0.169 e. The van der Waals surface area contributed by atoms with Gasteiger partial charge in [-0.2, -0.15) is 0 Å². The standard InChI is InChI=1S/C9H9NOS/c1-7(11)9-5-8(6-12-9)3-2-4-10/h5-6H,4,10H2,1H3. The molecule has 0 atom stereocenters. The molecule has 0 aromatic carbocycles. The number of hydrogen-bond donors (Lipinski definition) is 1. The van der Waals surface area contributed by atoms with Crippen molar-refractivity contribution in [1.82, 2.24) is 0 Å². The Labute approximate surface area is 75.4 Å². The molecule has 1 aromatic heterocycles. The van der Waals surface area contributed by atoms with Crippen LogP contribution in [0.4, 0.5) is 0 Å². The van der Waals surface area contributed by atoms with E-state index < -0.39 is 0 Å². The summed E-state index contributed by atoms with van der Waals surface area (Å²) in [6.45, 7) is 1.90. The fraction of sp³-hybridized carbons (Fsp3) is 0.222. The molecule has 0 aliphatic heterocycles. The van der Waals surface area contributed by atoms with Gasteiger partial charge in [-0.15, -0.1) is 11.3 Å². The van der Waals surface area contributed by atoms with Crippen molar-refractivity contribution >= 4 is 17.1 Å². The smallest absolute Gasteiger partial charge is 0.169 e. The largest absolute Gasteiger partial charge is 0.320 e. The predicted molar refractivity (Wildman–Crippen MR) is 50.3 cm³/mol. The molecule has 3 heteroatoms. The van der Waals surface area contributed by atoms with Crippen molar-refractivity contribution in [3.8, 4) is 11.8 Å². The van der Waals surface area contributed by atoms with Gasteiger partial charge < -0.3 is 5.73 Å². The predicted octanol–water partition coefficient (Wildman–Crippen LogP) is 1.26. The molecule has 62 valence electrons. The van der Waals surface area contributed by atoms with Crippen molar-refractivity contribution in [2.45, 2.75) is 6.92 Å². The van der Waals surface area contributed by atoms with Gasteiger partial charge in [0.05, 0.1) is 11.4 Å². The van der Waals surface area contributed by atoms with E-state index in [1.165, 1.54) is 11.3 Å². The van der Waals surface area contributed by atoms with Gasteiger partial charge in [-0.1, -0.05) is 11.8 Å². The first-order valence-corrected chi connectivity index (χ1v) is 4.40. The number of rotatable bonds is 1. The van der Waals surface area contributed by atoms with Crippen LogP contribution in [0.2, 0.25) is 0 Å². The van der Waals surface area contributed by atoms with Gasteiger partial charge in [-0.25, -0.2) is 0 Å². The van der Waals surface area contributed by atoms with E-state index in [1.807, 2.05) is 5.38 Å². The van der Waals surface area contributed by atoms with Crippen LogP contribution in [0, 0.1) is 11.8 Å². The maximum absolute atomic E-state index is 10.9. The summed E-state index contributed by atoms with van der Waals surface area (Å²) in [5.74, 6) is 5.68. The summed E-state index contributed by atoms with van der Waals surface area (Å²) in [5, 5.41) is 1.86. The Morgan fingerprint density at radius 3 is 3.00 bits per heavy atom. The van der Waals surface area contributed by atoms with Gasteiger partial charge in [0.25, 0.3) is 0 Å². The molecule has 2 N–H and O–H groups in total. The molecule has 0 saturated heterocycles.